The molecule has 0 spiro atoms. The van der Waals surface area contributed by atoms with Gasteiger partial charge in [0, 0.05) is 13.0 Å². The highest BCUT2D eigenvalue weighted by Crippen LogP contribution is 2.21. The van der Waals surface area contributed by atoms with Crippen LogP contribution in [0.15, 0.2) is 0 Å². The monoisotopic (exact) mass is 270 g/mol. The summed E-state index contributed by atoms with van der Waals surface area (Å²) in [6.45, 7) is 3.34. The Kier molecular flexibility index (Phi) is 6.84. The molecule has 0 bridgehead atoms. The highest BCUT2D eigenvalue weighted by molar-refractivity contribution is 5.83. The van der Waals surface area contributed by atoms with Gasteiger partial charge in [0.05, 0.1) is 0 Å². The Morgan fingerprint density at radius 3 is 2.68 bits per heavy atom. The molecule has 0 aromatic rings. The topological polar surface area (TPSA) is 83.6 Å². The molecule has 2 atom stereocenters. The number of carbonyl (C=O) groups excluding carboxylic acids is 1. The lowest BCUT2D eigenvalue weighted by Crippen LogP contribution is -2.48. The second-order valence-corrected chi connectivity index (χ2v) is 5.33. The number of carboxylic acids is 1. The lowest BCUT2D eigenvalue weighted by Gasteiger charge is -2.33. The molecular formula is C14H26N2O3. The summed E-state index contributed by atoms with van der Waals surface area (Å²) in [6.07, 6.45) is 5.61. The molecule has 19 heavy (non-hydrogen) atoms. The molecule has 2 unspecified atom stereocenters. The second-order valence-electron chi connectivity index (χ2n) is 5.33. The van der Waals surface area contributed by atoms with E-state index in [1.165, 1.54) is 0 Å². The number of aliphatic carboxylic acids is 1. The number of nitrogens with two attached hydrogens (primary N) is 1. The lowest BCUT2D eigenvalue weighted by atomic mass is 9.95. The van der Waals surface area contributed by atoms with E-state index in [0.717, 1.165) is 32.1 Å². The Hall–Kier alpha value is -1.10. The SMILES string of the molecule is CCC(CCN)CCC(=O)N1CCCCC1C(=O)O. The van der Waals surface area contributed by atoms with E-state index in [1.54, 1.807) is 4.90 Å². The first-order chi connectivity index (χ1) is 9.10. The highest BCUT2D eigenvalue weighted by Gasteiger charge is 2.31. The van der Waals surface area contributed by atoms with Crippen molar-refractivity contribution in [2.45, 2.75) is 57.9 Å². The zero-order valence-electron chi connectivity index (χ0n) is 11.8. The van der Waals surface area contributed by atoms with Crippen LogP contribution in [0.25, 0.3) is 0 Å². The van der Waals surface area contributed by atoms with Gasteiger partial charge in [0.25, 0.3) is 0 Å². The number of likely N-dealkylation sites (tertiary alicyclic amines) is 1. The Morgan fingerprint density at radius 2 is 2.11 bits per heavy atom. The van der Waals surface area contributed by atoms with Gasteiger partial charge < -0.3 is 15.7 Å². The smallest absolute Gasteiger partial charge is 0.326 e. The molecule has 0 saturated carbocycles. The standard InChI is InChI=1S/C14H26N2O3/c1-2-11(8-9-15)6-7-13(17)16-10-4-3-5-12(16)14(18)19/h11-12H,2-10,15H2,1H3,(H,18,19). The predicted molar refractivity (Wildman–Crippen MR) is 73.7 cm³/mol. The molecule has 110 valence electrons. The zero-order chi connectivity index (χ0) is 14.3. The van der Waals surface area contributed by atoms with Gasteiger partial charge in [-0.1, -0.05) is 13.3 Å². The van der Waals surface area contributed by atoms with Gasteiger partial charge in [-0.15, -0.1) is 0 Å². The van der Waals surface area contributed by atoms with Gasteiger partial charge in [0.2, 0.25) is 5.91 Å². The largest absolute Gasteiger partial charge is 0.480 e. The number of nitrogens with zero attached hydrogens (tertiary/aromatic N) is 1. The van der Waals surface area contributed by atoms with Crippen LogP contribution in [0.2, 0.25) is 0 Å². The van der Waals surface area contributed by atoms with Crippen LogP contribution in [0.1, 0.15) is 51.9 Å². The van der Waals surface area contributed by atoms with E-state index in [1.807, 2.05) is 0 Å². The third kappa shape index (κ3) is 4.82. The molecule has 3 N–H and O–H groups in total. The second kappa shape index (κ2) is 8.15. The minimum Gasteiger partial charge on any atom is -0.480 e. The van der Waals surface area contributed by atoms with Crippen LogP contribution in [-0.4, -0.2) is 41.0 Å². The average molecular weight is 270 g/mol. The van der Waals surface area contributed by atoms with E-state index in [4.69, 9.17) is 10.8 Å². The number of amides is 1. The van der Waals surface area contributed by atoms with Crippen LogP contribution in [0.3, 0.4) is 0 Å². The first kappa shape index (κ1) is 16.0. The number of carbonyl (C=O) groups is 2. The molecule has 5 nitrogen and oxygen atoms in total. The summed E-state index contributed by atoms with van der Waals surface area (Å²) in [5.74, 6) is -0.411. The van der Waals surface area contributed by atoms with Crippen molar-refractivity contribution in [1.29, 1.82) is 0 Å². The molecular weight excluding hydrogens is 244 g/mol. The van der Waals surface area contributed by atoms with Gasteiger partial charge in [-0.05, 0) is 44.6 Å². The van der Waals surface area contributed by atoms with Crippen LogP contribution >= 0.6 is 0 Å². The molecule has 5 heteroatoms. The number of piperidine rings is 1. The molecule has 0 radical (unpaired) electrons. The van der Waals surface area contributed by atoms with Crippen LogP contribution in [0.5, 0.6) is 0 Å². The molecule has 1 rings (SSSR count). The summed E-state index contributed by atoms with van der Waals surface area (Å²) in [7, 11) is 0. The van der Waals surface area contributed by atoms with Crippen molar-refractivity contribution in [1.82, 2.24) is 4.90 Å². The van der Waals surface area contributed by atoms with Crippen molar-refractivity contribution in [3.63, 3.8) is 0 Å². The van der Waals surface area contributed by atoms with Crippen LogP contribution in [0.4, 0.5) is 0 Å². The summed E-state index contributed by atoms with van der Waals surface area (Å²) >= 11 is 0. The maximum atomic E-state index is 12.2. The minimum atomic E-state index is -0.873. The molecule has 1 fully saturated rings. The van der Waals surface area contributed by atoms with Crippen LogP contribution in [-0.2, 0) is 9.59 Å². The van der Waals surface area contributed by atoms with Gasteiger partial charge in [0.15, 0.2) is 0 Å². The fraction of sp³-hybridized carbons (Fsp3) is 0.857. The number of hydrogen-bond donors (Lipinski definition) is 2. The van der Waals surface area contributed by atoms with E-state index in [9.17, 15) is 9.59 Å². The van der Waals surface area contributed by atoms with Crippen molar-refractivity contribution in [3.8, 4) is 0 Å². The molecule has 1 aliphatic rings. The van der Waals surface area contributed by atoms with Gasteiger partial charge >= 0.3 is 5.97 Å². The number of rotatable bonds is 7. The average Bonchev–Trinajstić information content (AvgIpc) is 2.43. The van der Waals surface area contributed by atoms with Gasteiger partial charge in [0.1, 0.15) is 6.04 Å². The van der Waals surface area contributed by atoms with Crippen LogP contribution < -0.4 is 5.73 Å². The molecule has 1 saturated heterocycles. The van der Waals surface area contributed by atoms with E-state index in [-0.39, 0.29) is 5.91 Å². The van der Waals surface area contributed by atoms with Crippen molar-refractivity contribution < 1.29 is 14.7 Å². The van der Waals surface area contributed by atoms with Crippen molar-refractivity contribution in [2.24, 2.45) is 11.7 Å². The third-order valence-electron chi connectivity index (χ3n) is 4.03. The van der Waals surface area contributed by atoms with Crippen molar-refractivity contribution >= 4 is 11.9 Å². The molecule has 0 aromatic carbocycles. The summed E-state index contributed by atoms with van der Waals surface area (Å²) in [4.78, 5) is 24.9. The Balaban J connectivity index is 2.48. The van der Waals surface area contributed by atoms with Crippen LogP contribution in [0, 0.1) is 5.92 Å². The quantitative estimate of drug-likeness (QED) is 0.736. The Labute approximate surface area is 115 Å². The number of carboxylic acid groups (broad SMARTS) is 1. The fourth-order valence-corrected chi connectivity index (χ4v) is 2.75. The minimum absolute atomic E-state index is 0.0115. The molecule has 0 aromatic heterocycles. The van der Waals surface area contributed by atoms with E-state index in [0.29, 0.717) is 31.8 Å². The molecule has 0 aliphatic carbocycles. The van der Waals surface area contributed by atoms with Crippen molar-refractivity contribution in [3.05, 3.63) is 0 Å². The van der Waals surface area contributed by atoms with E-state index in [2.05, 4.69) is 6.92 Å². The molecule has 1 heterocycles. The third-order valence-corrected chi connectivity index (χ3v) is 4.03. The van der Waals surface area contributed by atoms with E-state index < -0.39 is 12.0 Å². The lowest BCUT2D eigenvalue weighted by molar-refractivity contribution is -0.152. The first-order valence-electron chi connectivity index (χ1n) is 7.32. The maximum Gasteiger partial charge on any atom is 0.326 e. The predicted octanol–water partition coefficient (Wildman–Crippen LogP) is 1.61. The van der Waals surface area contributed by atoms with E-state index >= 15 is 0 Å². The van der Waals surface area contributed by atoms with Gasteiger partial charge in [-0.2, -0.15) is 0 Å². The van der Waals surface area contributed by atoms with Gasteiger partial charge in [-0.3, -0.25) is 4.79 Å². The Bertz CT molecular complexity index is 307. The normalized spacial score (nSPS) is 21.2. The maximum absolute atomic E-state index is 12.2. The molecule has 1 amide bonds. The Morgan fingerprint density at radius 1 is 1.37 bits per heavy atom. The molecule has 1 aliphatic heterocycles. The summed E-state index contributed by atoms with van der Waals surface area (Å²) < 4.78 is 0. The highest BCUT2D eigenvalue weighted by atomic mass is 16.4. The summed E-state index contributed by atoms with van der Waals surface area (Å²) in [5.41, 5.74) is 5.54. The fourth-order valence-electron chi connectivity index (χ4n) is 2.75. The zero-order valence-corrected chi connectivity index (χ0v) is 11.8. The van der Waals surface area contributed by atoms with Crippen molar-refractivity contribution in [2.75, 3.05) is 13.1 Å². The van der Waals surface area contributed by atoms with Gasteiger partial charge in [-0.25, -0.2) is 4.79 Å². The summed E-state index contributed by atoms with van der Waals surface area (Å²) in [6, 6.07) is -0.615. The first-order valence-corrected chi connectivity index (χ1v) is 7.32. The number of hydrogen-bond acceptors (Lipinski definition) is 3. The summed E-state index contributed by atoms with van der Waals surface area (Å²) in [5, 5.41) is 9.15.